The lowest BCUT2D eigenvalue weighted by molar-refractivity contribution is -0.384. The largest absolute Gasteiger partial charge is 0.494 e. The minimum atomic E-state index is -0.367. The smallest absolute Gasteiger partial charge is 0.294 e. The Morgan fingerprint density at radius 1 is 1.19 bits per heavy atom. The minimum Gasteiger partial charge on any atom is -0.494 e. The number of rotatable bonds is 9. The molecule has 2 aromatic carbocycles. The summed E-state index contributed by atoms with van der Waals surface area (Å²) < 4.78 is 7.94. The number of para-hydroxylation sites is 1. The van der Waals surface area contributed by atoms with Crippen molar-refractivity contribution >= 4 is 45.5 Å². The number of nitrogens with one attached hydrogen (secondary N) is 1. The number of halogens is 1. The molecule has 2 aliphatic rings. The number of anilines is 3. The number of nitrogens with zero attached hydrogens (tertiary/aromatic N) is 7. The number of piperazine rings is 1. The van der Waals surface area contributed by atoms with Crippen molar-refractivity contribution in [2.75, 3.05) is 70.7 Å². The van der Waals surface area contributed by atoms with Crippen molar-refractivity contribution in [1.29, 1.82) is 0 Å². The first-order chi connectivity index (χ1) is 20.3. The monoisotopic (exact) mass is 590 g/mol. The molecule has 12 heteroatoms. The second-order valence-electron chi connectivity index (χ2n) is 11.0. The van der Waals surface area contributed by atoms with E-state index in [1.165, 1.54) is 17.1 Å². The van der Waals surface area contributed by atoms with Crippen molar-refractivity contribution in [2.24, 2.45) is 0 Å². The number of aromatic nitrogens is 3. The van der Waals surface area contributed by atoms with Crippen LogP contribution in [0.3, 0.4) is 0 Å². The highest BCUT2D eigenvalue weighted by atomic mass is 35.5. The zero-order valence-corrected chi connectivity index (χ0v) is 24.9. The predicted molar refractivity (Wildman–Crippen MR) is 166 cm³/mol. The van der Waals surface area contributed by atoms with E-state index in [4.69, 9.17) is 21.3 Å². The zero-order chi connectivity index (χ0) is 29.4. The molecule has 0 aliphatic carbocycles. The third-order valence-electron chi connectivity index (χ3n) is 8.32. The molecule has 0 spiro atoms. The van der Waals surface area contributed by atoms with E-state index in [1.54, 1.807) is 19.4 Å². The Kier molecular flexibility index (Phi) is 7.89. The van der Waals surface area contributed by atoms with Crippen molar-refractivity contribution < 1.29 is 9.66 Å². The molecule has 2 aliphatic heterocycles. The first kappa shape index (κ1) is 28.2. The summed E-state index contributed by atoms with van der Waals surface area (Å²) >= 11 is 6.63. The Labute approximate surface area is 249 Å². The lowest BCUT2D eigenvalue weighted by atomic mass is 10.0. The fourth-order valence-corrected chi connectivity index (χ4v) is 6.13. The Bertz CT molecular complexity index is 1630. The summed E-state index contributed by atoms with van der Waals surface area (Å²) in [6.07, 6.45) is 5.79. The van der Waals surface area contributed by atoms with Crippen molar-refractivity contribution in [3.05, 3.63) is 63.4 Å². The Morgan fingerprint density at radius 2 is 2.00 bits per heavy atom. The van der Waals surface area contributed by atoms with Crippen molar-refractivity contribution in [3.63, 3.8) is 0 Å². The van der Waals surface area contributed by atoms with Crippen LogP contribution in [0.1, 0.15) is 12.0 Å². The van der Waals surface area contributed by atoms with Crippen LogP contribution in [0.4, 0.5) is 23.0 Å². The van der Waals surface area contributed by atoms with Crippen LogP contribution in [0.25, 0.3) is 22.2 Å². The number of aryl methyl sites for hydroxylation is 2. The number of hydrogen-bond acceptors (Lipinski definition) is 9. The molecule has 220 valence electrons. The van der Waals surface area contributed by atoms with Crippen LogP contribution in [0, 0.1) is 10.1 Å². The molecule has 42 heavy (non-hydrogen) atoms. The van der Waals surface area contributed by atoms with Crippen molar-refractivity contribution in [3.8, 4) is 17.0 Å². The number of nitro benzene ring substituents is 1. The maximum absolute atomic E-state index is 12.2. The molecule has 1 fully saturated rings. The molecule has 1 saturated heterocycles. The van der Waals surface area contributed by atoms with Gasteiger partial charge in [-0.3, -0.25) is 15.0 Å². The number of benzene rings is 2. The van der Waals surface area contributed by atoms with Gasteiger partial charge in [0.05, 0.1) is 40.2 Å². The number of methoxy groups -OCH3 is 1. The van der Waals surface area contributed by atoms with Gasteiger partial charge in [-0.05, 0) is 25.5 Å². The van der Waals surface area contributed by atoms with Gasteiger partial charge in [0.25, 0.3) is 5.69 Å². The standard InChI is InChI=1S/C30H35ClN8O3/c1-35-10-13-37(14-11-35)15-12-36(2)25-17-27(42-3)24(16-26(25)39(40)41)33-30-32-18-23(31)28(34-30)22-19-38-9-5-7-20-6-4-8-21(22)29(20)38/h4,6,8,16-19H,5,7,9-15H2,1-3H3,(H,32,33,34). The Balaban J connectivity index is 1.29. The maximum Gasteiger partial charge on any atom is 0.294 e. The third kappa shape index (κ3) is 5.47. The lowest BCUT2D eigenvalue weighted by Crippen LogP contribution is -2.46. The average molecular weight is 591 g/mol. The molecule has 0 radical (unpaired) electrons. The fraction of sp³-hybridized carbons (Fsp3) is 0.400. The summed E-state index contributed by atoms with van der Waals surface area (Å²) in [5.74, 6) is 0.722. The highest BCUT2D eigenvalue weighted by molar-refractivity contribution is 6.33. The second kappa shape index (κ2) is 11.7. The molecule has 4 heterocycles. The first-order valence-corrected chi connectivity index (χ1v) is 14.6. The second-order valence-corrected chi connectivity index (χ2v) is 11.4. The molecule has 0 atom stereocenters. The van der Waals surface area contributed by atoms with Gasteiger partial charge in [0, 0.05) is 82.1 Å². The minimum absolute atomic E-state index is 0.0256. The summed E-state index contributed by atoms with van der Waals surface area (Å²) in [7, 11) is 5.54. The van der Waals surface area contributed by atoms with E-state index in [1.807, 2.05) is 11.9 Å². The predicted octanol–water partition coefficient (Wildman–Crippen LogP) is 5.04. The molecule has 0 bridgehead atoms. The normalized spacial score (nSPS) is 15.6. The average Bonchev–Trinajstić information content (AvgIpc) is 3.37. The van der Waals surface area contributed by atoms with Gasteiger partial charge in [-0.15, -0.1) is 0 Å². The molecule has 0 amide bonds. The van der Waals surface area contributed by atoms with Crippen LogP contribution in [0.2, 0.25) is 5.02 Å². The van der Waals surface area contributed by atoms with Crippen LogP contribution in [0.15, 0.2) is 42.7 Å². The van der Waals surface area contributed by atoms with Gasteiger partial charge in [-0.25, -0.2) is 9.97 Å². The van der Waals surface area contributed by atoms with Crippen LogP contribution in [-0.2, 0) is 13.0 Å². The third-order valence-corrected chi connectivity index (χ3v) is 8.60. The van der Waals surface area contributed by atoms with Crippen LogP contribution in [0.5, 0.6) is 5.75 Å². The molecule has 11 nitrogen and oxygen atoms in total. The summed E-state index contributed by atoms with van der Waals surface area (Å²) in [4.78, 5) is 27.6. The molecule has 0 unspecified atom stereocenters. The SMILES string of the molecule is COc1cc(N(C)CCN2CCN(C)CC2)c([N+](=O)[O-])cc1Nc1ncc(Cl)c(-c2cn3c4c(cccc24)CCC3)n1. The summed E-state index contributed by atoms with van der Waals surface area (Å²) in [5.41, 5.74) is 4.93. The molecular weight excluding hydrogens is 556 g/mol. The van der Waals surface area contributed by atoms with E-state index in [-0.39, 0.29) is 16.6 Å². The summed E-state index contributed by atoms with van der Waals surface area (Å²) in [6.45, 7) is 6.44. The highest BCUT2D eigenvalue weighted by Crippen LogP contribution is 2.40. The summed E-state index contributed by atoms with van der Waals surface area (Å²) in [6, 6.07) is 9.51. The van der Waals surface area contributed by atoms with Gasteiger partial charge in [-0.2, -0.15) is 0 Å². The van der Waals surface area contributed by atoms with Crippen LogP contribution in [-0.4, -0.2) is 89.7 Å². The summed E-state index contributed by atoms with van der Waals surface area (Å²) in [5, 5.41) is 16.9. The lowest BCUT2D eigenvalue weighted by Gasteiger charge is -2.33. The zero-order valence-electron chi connectivity index (χ0n) is 24.1. The van der Waals surface area contributed by atoms with Gasteiger partial charge in [0.2, 0.25) is 5.95 Å². The molecule has 4 aromatic rings. The molecule has 2 aromatic heterocycles. The topological polar surface area (TPSA) is 105 Å². The molecule has 6 rings (SSSR count). The molecule has 0 saturated carbocycles. The van der Waals surface area contributed by atoms with E-state index < -0.39 is 0 Å². The van der Waals surface area contributed by atoms with Gasteiger partial charge < -0.3 is 24.4 Å². The van der Waals surface area contributed by atoms with Gasteiger partial charge in [0.1, 0.15) is 11.4 Å². The van der Waals surface area contributed by atoms with Gasteiger partial charge in [0.15, 0.2) is 0 Å². The van der Waals surface area contributed by atoms with E-state index in [2.05, 4.69) is 56.1 Å². The van der Waals surface area contributed by atoms with Crippen LogP contribution >= 0.6 is 11.6 Å². The number of ether oxygens (including phenoxy) is 1. The highest BCUT2D eigenvalue weighted by Gasteiger charge is 2.24. The van der Waals surface area contributed by atoms with E-state index in [0.29, 0.717) is 34.4 Å². The van der Waals surface area contributed by atoms with E-state index in [9.17, 15) is 10.1 Å². The Hall–Kier alpha value is -3.93. The fourth-order valence-electron chi connectivity index (χ4n) is 5.94. The number of likely N-dealkylation sites (N-methyl/N-ethyl adjacent to an activating group) is 2. The van der Waals surface area contributed by atoms with Crippen molar-refractivity contribution in [2.45, 2.75) is 19.4 Å². The number of hydrogen-bond donors (Lipinski definition) is 1. The molecular formula is C30H35ClN8O3. The van der Waals surface area contributed by atoms with Crippen LogP contribution < -0.4 is 15.0 Å². The number of nitro groups is 1. The van der Waals surface area contributed by atoms with Gasteiger partial charge in [-0.1, -0.05) is 29.8 Å². The Morgan fingerprint density at radius 3 is 2.76 bits per heavy atom. The maximum atomic E-state index is 12.2. The quantitative estimate of drug-likeness (QED) is 0.212. The first-order valence-electron chi connectivity index (χ1n) is 14.2. The van der Waals surface area contributed by atoms with Crippen molar-refractivity contribution in [1.82, 2.24) is 24.3 Å². The molecule has 1 N–H and O–H groups in total. The van der Waals surface area contributed by atoms with E-state index >= 15 is 0 Å². The van der Waals surface area contributed by atoms with E-state index in [0.717, 1.165) is 63.1 Å². The van der Waals surface area contributed by atoms with Gasteiger partial charge >= 0.3 is 0 Å².